The second kappa shape index (κ2) is 5.55. The second-order valence-electron chi connectivity index (χ2n) is 4.20. The fourth-order valence-electron chi connectivity index (χ4n) is 1.61. The number of anilines is 1. The molecule has 0 unspecified atom stereocenters. The van der Waals surface area contributed by atoms with E-state index in [2.05, 4.69) is 14.7 Å². The standard InChI is InChI=1S/C12H11Cl2N3O2S/c1-7-3-4-8(2)9(5-7)20(18,19)17-10-11(13)15-6-16-12(10)14/h3-6,17H,1-2H3. The van der Waals surface area contributed by atoms with Gasteiger partial charge in [0.1, 0.15) is 12.0 Å². The smallest absolute Gasteiger partial charge is 0.262 e. The van der Waals surface area contributed by atoms with E-state index in [0.717, 1.165) is 11.9 Å². The van der Waals surface area contributed by atoms with E-state index >= 15 is 0 Å². The summed E-state index contributed by atoms with van der Waals surface area (Å²) in [6, 6.07) is 5.14. The van der Waals surface area contributed by atoms with E-state index < -0.39 is 10.0 Å². The summed E-state index contributed by atoms with van der Waals surface area (Å²) in [5.74, 6) is 0. The van der Waals surface area contributed by atoms with E-state index in [0.29, 0.717) is 5.56 Å². The number of aromatic nitrogens is 2. The van der Waals surface area contributed by atoms with Gasteiger partial charge < -0.3 is 0 Å². The first kappa shape index (κ1) is 15.0. The normalized spacial score (nSPS) is 11.4. The van der Waals surface area contributed by atoms with Crippen LogP contribution in [-0.4, -0.2) is 18.4 Å². The Hall–Kier alpha value is -1.37. The van der Waals surface area contributed by atoms with Crippen LogP contribution in [0.15, 0.2) is 29.4 Å². The Kier molecular flexibility index (Phi) is 4.17. The fraction of sp³-hybridized carbons (Fsp3) is 0.167. The van der Waals surface area contributed by atoms with Gasteiger partial charge in [-0.1, -0.05) is 35.3 Å². The summed E-state index contributed by atoms with van der Waals surface area (Å²) in [6.07, 6.45) is 1.15. The van der Waals surface area contributed by atoms with Crippen molar-refractivity contribution in [1.82, 2.24) is 9.97 Å². The van der Waals surface area contributed by atoms with E-state index in [-0.39, 0.29) is 20.9 Å². The Bertz CT molecular complexity index is 743. The van der Waals surface area contributed by atoms with Crippen LogP contribution in [0.3, 0.4) is 0 Å². The molecule has 0 atom stereocenters. The zero-order chi connectivity index (χ0) is 14.9. The van der Waals surface area contributed by atoms with Gasteiger partial charge in [0.25, 0.3) is 10.0 Å². The number of nitrogens with one attached hydrogen (secondary N) is 1. The zero-order valence-corrected chi connectivity index (χ0v) is 13.0. The summed E-state index contributed by atoms with van der Waals surface area (Å²) >= 11 is 11.7. The highest BCUT2D eigenvalue weighted by molar-refractivity contribution is 7.92. The molecule has 0 aliphatic carbocycles. The van der Waals surface area contributed by atoms with Crippen molar-refractivity contribution < 1.29 is 8.42 Å². The van der Waals surface area contributed by atoms with Crippen molar-refractivity contribution in [3.05, 3.63) is 46.0 Å². The Morgan fingerprint density at radius 3 is 2.30 bits per heavy atom. The van der Waals surface area contributed by atoms with Crippen molar-refractivity contribution in [2.24, 2.45) is 0 Å². The molecule has 0 spiro atoms. The van der Waals surface area contributed by atoms with Gasteiger partial charge in [0.2, 0.25) is 0 Å². The summed E-state index contributed by atoms with van der Waals surface area (Å²) in [4.78, 5) is 7.56. The summed E-state index contributed by atoms with van der Waals surface area (Å²) in [7, 11) is -3.81. The van der Waals surface area contributed by atoms with Gasteiger partial charge in [-0.2, -0.15) is 0 Å². The first-order valence-electron chi connectivity index (χ1n) is 5.57. The molecule has 2 aromatic rings. The van der Waals surface area contributed by atoms with E-state index in [1.165, 1.54) is 0 Å². The number of aryl methyl sites for hydroxylation is 2. The highest BCUT2D eigenvalue weighted by Crippen LogP contribution is 2.29. The quantitative estimate of drug-likeness (QED) is 0.876. The molecular weight excluding hydrogens is 321 g/mol. The fourth-order valence-corrected chi connectivity index (χ4v) is 3.54. The van der Waals surface area contributed by atoms with Crippen LogP contribution in [0.1, 0.15) is 11.1 Å². The lowest BCUT2D eigenvalue weighted by Crippen LogP contribution is -2.15. The van der Waals surface area contributed by atoms with Crippen molar-refractivity contribution in [1.29, 1.82) is 0 Å². The van der Waals surface area contributed by atoms with Crippen LogP contribution in [-0.2, 0) is 10.0 Å². The molecule has 0 saturated carbocycles. The number of hydrogen-bond acceptors (Lipinski definition) is 4. The minimum Gasteiger partial charge on any atom is -0.274 e. The lowest BCUT2D eigenvalue weighted by atomic mass is 10.2. The molecule has 0 radical (unpaired) electrons. The number of hydrogen-bond donors (Lipinski definition) is 1. The SMILES string of the molecule is Cc1ccc(C)c(S(=O)(=O)Nc2c(Cl)ncnc2Cl)c1. The predicted octanol–water partition coefficient (Wildman–Crippen LogP) is 3.20. The van der Waals surface area contributed by atoms with Gasteiger partial charge in [-0.3, -0.25) is 4.72 Å². The largest absolute Gasteiger partial charge is 0.274 e. The maximum atomic E-state index is 12.4. The Morgan fingerprint density at radius 2 is 1.70 bits per heavy atom. The molecule has 2 rings (SSSR count). The lowest BCUT2D eigenvalue weighted by Gasteiger charge is -2.12. The molecular formula is C12H11Cl2N3O2S. The molecule has 1 aromatic heterocycles. The van der Waals surface area contributed by atoms with Gasteiger partial charge in [-0.05, 0) is 31.0 Å². The molecule has 0 saturated heterocycles. The number of nitrogens with zero attached hydrogens (tertiary/aromatic N) is 2. The first-order valence-corrected chi connectivity index (χ1v) is 7.81. The van der Waals surface area contributed by atoms with Crippen LogP contribution in [0.25, 0.3) is 0 Å². The number of benzene rings is 1. The number of rotatable bonds is 3. The molecule has 8 heteroatoms. The molecule has 0 bridgehead atoms. The van der Waals surface area contributed by atoms with Gasteiger partial charge in [0.15, 0.2) is 10.3 Å². The monoisotopic (exact) mass is 331 g/mol. The third kappa shape index (κ3) is 3.03. The number of halogens is 2. The van der Waals surface area contributed by atoms with Crippen molar-refractivity contribution in [3.63, 3.8) is 0 Å². The molecule has 20 heavy (non-hydrogen) atoms. The second-order valence-corrected chi connectivity index (χ2v) is 6.57. The third-order valence-corrected chi connectivity index (χ3v) is 4.69. The maximum Gasteiger partial charge on any atom is 0.262 e. The Morgan fingerprint density at radius 1 is 1.10 bits per heavy atom. The van der Waals surface area contributed by atoms with E-state index in [9.17, 15) is 8.42 Å². The third-order valence-electron chi connectivity index (χ3n) is 2.62. The van der Waals surface area contributed by atoms with E-state index in [1.807, 2.05) is 13.0 Å². The van der Waals surface area contributed by atoms with Crippen molar-refractivity contribution in [3.8, 4) is 0 Å². The van der Waals surface area contributed by atoms with Crippen molar-refractivity contribution in [2.75, 3.05) is 4.72 Å². The highest BCUT2D eigenvalue weighted by Gasteiger charge is 2.20. The first-order chi connectivity index (χ1) is 9.31. The van der Waals surface area contributed by atoms with Crippen LogP contribution < -0.4 is 4.72 Å². The average molecular weight is 332 g/mol. The average Bonchev–Trinajstić information content (AvgIpc) is 2.37. The van der Waals surface area contributed by atoms with Crippen LogP contribution >= 0.6 is 23.2 Å². The lowest BCUT2D eigenvalue weighted by molar-refractivity contribution is 0.600. The summed E-state index contributed by atoms with van der Waals surface area (Å²) in [5.41, 5.74) is 1.42. The van der Waals surface area contributed by atoms with Crippen molar-refractivity contribution >= 4 is 38.9 Å². The predicted molar refractivity (Wildman–Crippen MR) is 78.8 cm³/mol. The molecule has 0 amide bonds. The van der Waals surface area contributed by atoms with E-state index in [1.54, 1.807) is 19.1 Å². The maximum absolute atomic E-state index is 12.4. The summed E-state index contributed by atoms with van der Waals surface area (Å²) in [6.45, 7) is 3.52. The molecule has 5 nitrogen and oxygen atoms in total. The van der Waals surface area contributed by atoms with Gasteiger partial charge in [0.05, 0.1) is 4.90 Å². The van der Waals surface area contributed by atoms with Gasteiger partial charge in [0, 0.05) is 0 Å². The summed E-state index contributed by atoms with van der Waals surface area (Å²) in [5, 5.41) is -0.113. The molecule has 0 aliphatic rings. The van der Waals surface area contributed by atoms with Crippen LogP contribution in [0.5, 0.6) is 0 Å². The molecule has 1 N–H and O–H groups in total. The minimum atomic E-state index is -3.81. The van der Waals surface area contributed by atoms with Crippen molar-refractivity contribution in [2.45, 2.75) is 18.7 Å². The molecule has 1 aromatic carbocycles. The Balaban J connectivity index is 2.49. The van der Waals surface area contributed by atoms with E-state index in [4.69, 9.17) is 23.2 Å². The van der Waals surface area contributed by atoms with Gasteiger partial charge >= 0.3 is 0 Å². The highest BCUT2D eigenvalue weighted by atomic mass is 35.5. The van der Waals surface area contributed by atoms with Crippen LogP contribution in [0, 0.1) is 13.8 Å². The Labute approximate surface area is 127 Å². The van der Waals surface area contributed by atoms with Crippen LogP contribution in [0.4, 0.5) is 5.69 Å². The topological polar surface area (TPSA) is 72.0 Å². The molecule has 0 fully saturated rings. The molecule has 0 aliphatic heterocycles. The number of sulfonamides is 1. The summed E-state index contributed by atoms with van der Waals surface area (Å²) < 4.78 is 27.1. The molecule has 106 valence electrons. The minimum absolute atomic E-state index is 0.0308. The van der Waals surface area contributed by atoms with Gasteiger partial charge in [-0.25, -0.2) is 18.4 Å². The van der Waals surface area contributed by atoms with Gasteiger partial charge in [-0.15, -0.1) is 0 Å². The molecule has 1 heterocycles. The zero-order valence-electron chi connectivity index (χ0n) is 10.7. The van der Waals surface area contributed by atoms with Crippen LogP contribution in [0.2, 0.25) is 10.3 Å².